The molecule has 2 rings (SSSR count). The van der Waals surface area contributed by atoms with Crippen LogP contribution < -0.4 is 10.6 Å². The van der Waals surface area contributed by atoms with Crippen molar-refractivity contribution in [3.05, 3.63) is 30.3 Å². The molecule has 1 atom stereocenters. The molecule has 1 heterocycles. The minimum Gasteiger partial charge on any atom is -0.365 e. The molecule has 1 saturated heterocycles. The fourth-order valence-electron chi connectivity index (χ4n) is 2.68. The number of hydrogen-bond donors (Lipinski definition) is 1. The Morgan fingerprint density at radius 2 is 1.94 bits per heavy atom. The zero-order chi connectivity index (χ0) is 13.2. The fourth-order valence-corrected chi connectivity index (χ4v) is 2.68. The standard InChI is InChI=1S/C15H25N3/c1-15(2)9-10-17(3)14(11-16)12-18(15)13-7-5-4-6-8-13/h4-8,14H,9-12,16H2,1-3H3. The molecule has 1 unspecified atom stereocenters. The van der Waals surface area contributed by atoms with E-state index >= 15 is 0 Å². The number of likely N-dealkylation sites (N-methyl/N-ethyl adjacent to an activating group) is 1. The first-order valence-corrected chi connectivity index (χ1v) is 6.77. The predicted molar refractivity (Wildman–Crippen MR) is 78.0 cm³/mol. The highest BCUT2D eigenvalue weighted by Crippen LogP contribution is 2.29. The van der Waals surface area contributed by atoms with Gasteiger partial charge in [0.15, 0.2) is 0 Å². The average Bonchev–Trinajstić information content (AvgIpc) is 2.48. The molecule has 0 aromatic heterocycles. The number of para-hydroxylation sites is 1. The van der Waals surface area contributed by atoms with Crippen molar-refractivity contribution in [2.75, 3.05) is 31.6 Å². The Balaban J connectivity index is 2.29. The van der Waals surface area contributed by atoms with Gasteiger partial charge < -0.3 is 15.5 Å². The van der Waals surface area contributed by atoms with Crippen molar-refractivity contribution in [1.29, 1.82) is 0 Å². The van der Waals surface area contributed by atoms with E-state index in [4.69, 9.17) is 5.73 Å². The highest BCUT2D eigenvalue weighted by molar-refractivity contribution is 5.49. The molecule has 0 aliphatic carbocycles. The molecule has 0 radical (unpaired) electrons. The van der Waals surface area contributed by atoms with E-state index in [1.807, 2.05) is 0 Å². The topological polar surface area (TPSA) is 32.5 Å². The minimum atomic E-state index is 0.180. The summed E-state index contributed by atoms with van der Waals surface area (Å²) in [7, 11) is 2.18. The van der Waals surface area contributed by atoms with E-state index < -0.39 is 0 Å². The third-order valence-electron chi connectivity index (χ3n) is 4.16. The van der Waals surface area contributed by atoms with Crippen LogP contribution in [-0.2, 0) is 0 Å². The van der Waals surface area contributed by atoms with Crippen LogP contribution in [0.3, 0.4) is 0 Å². The van der Waals surface area contributed by atoms with E-state index in [0.29, 0.717) is 6.04 Å². The van der Waals surface area contributed by atoms with Crippen LogP contribution >= 0.6 is 0 Å². The van der Waals surface area contributed by atoms with Gasteiger partial charge in [-0.05, 0) is 39.4 Å². The van der Waals surface area contributed by atoms with Crippen molar-refractivity contribution in [3.8, 4) is 0 Å². The third-order valence-corrected chi connectivity index (χ3v) is 4.16. The number of benzene rings is 1. The number of rotatable bonds is 2. The maximum atomic E-state index is 5.92. The lowest BCUT2D eigenvalue weighted by Crippen LogP contribution is -2.49. The van der Waals surface area contributed by atoms with Crippen molar-refractivity contribution in [3.63, 3.8) is 0 Å². The van der Waals surface area contributed by atoms with Crippen molar-refractivity contribution in [2.45, 2.75) is 31.8 Å². The van der Waals surface area contributed by atoms with Crippen molar-refractivity contribution in [2.24, 2.45) is 5.73 Å². The van der Waals surface area contributed by atoms with Crippen LogP contribution in [0.1, 0.15) is 20.3 Å². The number of nitrogens with zero attached hydrogens (tertiary/aromatic N) is 2. The maximum Gasteiger partial charge on any atom is 0.0390 e. The Bertz CT molecular complexity index is 375. The summed E-state index contributed by atoms with van der Waals surface area (Å²) in [5.74, 6) is 0. The third kappa shape index (κ3) is 2.68. The zero-order valence-electron chi connectivity index (χ0n) is 11.8. The second-order valence-electron chi connectivity index (χ2n) is 5.88. The summed E-state index contributed by atoms with van der Waals surface area (Å²) in [6.45, 7) is 7.48. The van der Waals surface area contributed by atoms with Crippen LogP contribution in [-0.4, -0.2) is 43.2 Å². The van der Waals surface area contributed by atoms with Crippen molar-refractivity contribution < 1.29 is 0 Å². The van der Waals surface area contributed by atoms with Gasteiger partial charge in [-0.2, -0.15) is 0 Å². The van der Waals surface area contributed by atoms with Gasteiger partial charge >= 0.3 is 0 Å². The average molecular weight is 247 g/mol. The van der Waals surface area contributed by atoms with Gasteiger partial charge in [0.05, 0.1) is 0 Å². The second kappa shape index (κ2) is 5.29. The summed E-state index contributed by atoms with van der Waals surface area (Å²) in [5.41, 5.74) is 7.41. The SMILES string of the molecule is CN1CCC(C)(C)N(c2ccccc2)CC1CN. The molecular weight excluding hydrogens is 222 g/mol. The Kier molecular flexibility index (Phi) is 3.93. The first-order chi connectivity index (χ1) is 8.54. The van der Waals surface area contributed by atoms with E-state index in [-0.39, 0.29) is 5.54 Å². The molecule has 1 aliphatic rings. The lowest BCUT2D eigenvalue weighted by atomic mass is 9.97. The van der Waals surface area contributed by atoms with E-state index in [2.05, 4.69) is 61.0 Å². The van der Waals surface area contributed by atoms with Gasteiger partial charge in [-0.25, -0.2) is 0 Å². The summed E-state index contributed by atoms with van der Waals surface area (Å²) in [6.07, 6.45) is 1.16. The Labute approximate surface area is 111 Å². The molecule has 18 heavy (non-hydrogen) atoms. The summed E-state index contributed by atoms with van der Waals surface area (Å²) in [6, 6.07) is 11.1. The van der Waals surface area contributed by atoms with Crippen LogP contribution in [0.4, 0.5) is 5.69 Å². The summed E-state index contributed by atoms with van der Waals surface area (Å²) < 4.78 is 0. The maximum absolute atomic E-state index is 5.92. The largest absolute Gasteiger partial charge is 0.365 e. The van der Waals surface area contributed by atoms with Gasteiger partial charge in [-0.3, -0.25) is 0 Å². The van der Waals surface area contributed by atoms with E-state index in [9.17, 15) is 0 Å². The second-order valence-corrected chi connectivity index (χ2v) is 5.88. The van der Waals surface area contributed by atoms with E-state index in [1.54, 1.807) is 0 Å². The first-order valence-electron chi connectivity index (χ1n) is 6.77. The summed E-state index contributed by atoms with van der Waals surface area (Å²) in [4.78, 5) is 4.90. The molecule has 0 bridgehead atoms. The van der Waals surface area contributed by atoms with Gasteiger partial charge in [-0.15, -0.1) is 0 Å². The Morgan fingerprint density at radius 1 is 1.28 bits per heavy atom. The van der Waals surface area contributed by atoms with Crippen LogP contribution in [0.25, 0.3) is 0 Å². The molecule has 0 amide bonds. The molecule has 1 aromatic carbocycles. The highest BCUT2D eigenvalue weighted by atomic mass is 15.3. The molecule has 1 aromatic rings. The van der Waals surface area contributed by atoms with Crippen LogP contribution in [0, 0.1) is 0 Å². The van der Waals surface area contributed by atoms with Gasteiger partial charge in [0, 0.05) is 36.9 Å². The Morgan fingerprint density at radius 3 is 2.56 bits per heavy atom. The molecule has 100 valence electrons. The summed E-state index contributed by atoms with van der Waals surface area (Å²) in [5, 5.41) is 0. The monoisotopic (exact) mass is 247 g/mol. The van der Waals surface area contributed by atoms with Crippen molar-refractivity contribution >= 4 is 5.69 Å². The Hall–Kier alpha value is -1.06. The van der Waals surface area contributed by atoms with E-state index in [1.165, 1.54) is 5.69 Å². The smallest absolute Gasteiger partial charge is 0.0390 e. The minimum absolute atomic E-state index is 0.180. The number of hydrogen-bond acceptors (Lipinski definition) is 3. The number of anilines is 1. The predicted octanol–water partition coefficient (Wildman–Crippen LogP) is 1.93. The fraction of sp³-hybridized carbons (Fsp3) is 0.600. The molecule has 3 nitrogen and oxygen atoms in total. The van der Waals surface area contributed by atoms with Gasteiger partial charge in [0.1, 0.15) is 0 Å². The molecule has 1 fully saturated rings. The highest BCUT2D eigenvalue weighted by Gasteiger charge is 2.33. The van der Waals surface area contributed by atoms with Gasteiger partial charge in [-0.1, -0.05) is 18.2 Å². The van der Waals surface area contributed by atoms with Crippen LogP contribution in [0.5, 0.6) is 0 Å². The van der Waals surface area contributed by atoms with Gasteiger partial charge in [0.25, 0.3) is 0 Å². The van der Waals surface area contributed by atoms with Crippen LogP contribution in [0.2, 0.25) is 0 Å². The number of nitrogens with two attached hydrogens (primary N) is 1. The lowest BCUT2D eigenvalue weighted by Gasteiger charge is -2.40. The molecule has 0 spiro atoms. The molecule has 2 N–H and O–H groups in total. The summed E-state index contributed by atoms with van der Waals surface area (Å²) >= 11 is 0. The molecule has 3 heteroatoms. The van der Waals surface area contributed by atoms with Crippen LogP contribution in [0.15, 0.2) is 30.3 Å². The molecule has 1 aliphatic heterocycles. The van der Waals surface area contributed by atoms with E-state index in [0.717, 1.165) is 26.1 Å². The first kappa shape index (κ1) is 13.4. The lowest BCUT2D eigenvalue weighted by molar-refractivity contribution is 0.263. The molecular formula is C15H25N3. The quantitative estimate of drug-likeness (QED) is 0.867. The molecule has 0 saturated carbocycles. The zero-order valence-corrected chi connectivity index (χ0v) is 11.8. The van der Waals surface area contributed by atoms with Gasteiger partial charge in [0.2, 0.25) is 0 Å². The normalized spacial score (nSPS) is 24.9. The van der Waals surface area contributed by atoms with Crippen molar-refractivity contribution in [1.82, 2.24) is 4.90 Å².